The molecular formula is C17H34N2. The van der Waals surface area contributed by atoms with Crippen LogP contribution in [0, 0.1) is 0 Å². The largest absolute Gasteiger partial charge is 0.392 e. The van der Waals surface area contributed by atoms with Gasteiger partial charge in [-0.05, 0) is 51.7 Å². The summed E-state index contributed by atoms with van der Waals surface area (Å²) in [4.78, 5) is 2.66. The van der Waals surface area contributed by atoms with E-state index in [1.807, 2.05) is 7.05 Å². The molecule has 0 aromatic heterocycles. The van der Waals surface area contributed by atoms with Crippen LogP contribution in [0.5, 0.6) is 0 Å². The number of rotatable bonds is 11. The number of piperidine rings is 1. The monoisotopic (exact) mass is 266 g/mol. The summed E-state index contributed by atoms with van der Waals surface area (Å²) in [6, 6.07) is 0. The smallest absolute Gasteiger partial charge is 0.00310 e. The Morgan fingerprint density at radius 1 is 0.895 bits per heavy atom. The van der Waals surface area contributed by atoms with Gasteiger partial charge in [0, 0.05) is 12.7 Å². The van der Waals surface area contributed by atoms with E-state index >= 15 is 0 Å². The van der Waals surface area contributed by atoms with Crippen LogP contribution >= 0.6 is 0 Å². The minimum atomic E-state index is 1.14. The van der Waals surface area contributed by atoms with E-state index < -0.39 is 0 Å². The van der Waals surface area contributed by atoms with Crippen LogP contribution in [0.1, 0.15) is 70.6 Å². The molecule has 1 rings (SSSR count). The molecule has 0 spiro atoms. The number of allylic oxidation sites excluding steroid dienone is 1. The van der Waals surface area contributed by atoms with Crippen molar-refractivity contribution in [2.24, 2.45) is 0 Å². The summed E-state index contributed by atoms with van der Waals surface area (Å²) < 4.78 is 0. The lowest BCUT2D eigenvalue weighted by Crippen LogP contribution is -2.30. The van der Waals surface area contributed by atoms with Gasteiger partial charge in [0.2, 0.25) is 0 Å². The van der Waals surface area contributed by atoms with Crippen LogP contribution in [0.2, 0.25) is 0 Å². The summed E-state index contributed by atoms with van der Waals surface area (Å²) in [5, 5.41) is 3.12. The molecular weight excluding hydrogens is 232 g/mol. The average molecular weight is 266 g/mol. The first-order valence-corrected chi connectivity index (χ1v) is 8.41. The molecule has 112 valence electrons. The molecule has 1 aliphatic heterocycles. The van der Waals surface area contributed by atoms with Crippen LogP contribution in [-0.4, -0.2) is 31.6 Å². The van der Waals surface area contributed by atoms with Gasteiger partial charge < -0.3 is 10.2 Å². The molecule has 1 saturated heterocycles. The van der Waals surface area contributed by atoms with Crippen LogP contribution in [0.3, 0.4) is 0 Å². The van der Waals surface area contributed by atoms with Crippen molar-refractivity contribution >= 4 is 0 Å². The summed E-state index contributed by atoms with van der Waals surface area (Å²) in [6.45, 7) is 8.02. The van der Waals surface area contributed by atoms with Crippen molar-refractivity contribution in [1.82, 2.24) is 10.2 Å². The highest BCUT2D eigenvalue weighted by Gasteiger charge is 2.08. The predicted octanol–water partition coefficient (Wildman–Crippen LogP) is 4.33. The molecule has 0 atom stereocenters. The van der Waals surface area contributed by atoms with Crippen molar-refractivity contribution in [1.29, 1.82) is 0 Å². The zero-order chi connectivity index (χ0) is 13.8. The lowest BCUT2D eigenvalue weighted by atomic mass is 10.1. The Kier molecular flexibility index (Phi) is 9.88. The fraction of sp³-hybridized carbons (Fsp3) is 0.882. The highest BCUT2D eigenvalue weighted by Crippen LogP contribution is 2.12. The molecule has 1 heterocycles. The molecule has 0 bridgehead atoms. The van der Waals surface area contributed by atoms with E-state index in [-0.39, 0.29) is 0 Å². The maximum atomic E-state index is 3.96. The first-order chi connectivity index (χ1) is 9.33. The molecule has 2 heteroatoms. The quantitative estimate of drug-likeness (QED) is 0.560. The van der Waals surface area contributed by atoms with Crippen LogP contribution in [0.25, 0.3) is 0 Å². The third-order valence-corrected chi connectivity index (χ3v) is 4.26. The van der Waals surface area contributed by atoms with Crippen LogP contribution in [-0.2, 0) is 0 Å². The van der Waals surface area contributed by atoms with Crippen molar-refractivity contribution in [3.63, 3.8) is 0 Å². The normalized spacial score (nSPS) is 16.5. The van der Waals surface area contributed by atoms with Gasteiger partial charge in [-0.2, -0.15) is 0 Å². The molecule has 0 aromatic rings. The van der Waals surface area contributed by atoms with Gasteiger partial charge in [-0.15, -0.1) is 0 Å². The van der Waals surface area contributed by atoms with Gasteiger partial charge in [-0.25, -0.2) is 0 Å². The van der Waals surface area contributed by atoms with E-state index in [2.05, 4.69) is 16.8 Å². The maximum Gasteiger partial charge on any atom is 0.00310 e. The third kappa shape index (κ3) is 9.10. The van der Waals surface area contributed by atoms with E-state index in [1.54, 1.807) is 0 Å². The van der Waals surface area contributed by atoms with Gasteiger partial charge in [0.15, 0.2) is 0 Å². The Morgan fingerprint density at radius 2 is 1.47 bits per heavy atom. The van der Waals surface area contributed by atoms with E-state index in [9.17, 15) is 0 Å². The fourth-order valence-electron chi connectivity index (χ4n) is 2.87. The molecule has 19 heavy (non-hydrogen) atoms. The topological polar surface area (TPSA) is 15.3 Å². The Balaban J connectivity index is 1.77. The first kappa shape index (κ1) is 16.6. The molecule has 0 aliphatic carbocycles. The SMILES string of the molecule is C=C(CCCCCCCCCN1CCCCC1)NC. The number of likely N-dealkylation sites (tertiary alicyclic amines) is 1. The van der Waals surface area contributed by atoms with E-state index in [4.69, 9.17) is 0 Å². The molecule has 0 radical (unpaired) electrons. The van der Waals surface area contributed by atoms with E-state index in [0.29, 0.717) is 0 Å². The predicted molar refractivity (Wildman–Crippen MR) is 85.4 cm³/mol. The maximum absolute atomic E-state index is 3.96. The number of nitrogens with one attached hydrogen (secondary N) is 1. The van der Waals surface area contributed by atoms with Crippen molar-refractivity contribution < 1.29 is 0 Å². The molecule has 1 fully saturated rings. The van der Waals surface area contributed by atoms with Crippen LogP contribution in [0.15, 0.2) is 12.3 Å². The summed E-state index contributed by atoms with van der Waals surface area (Å²) in [6.07, 6.45) is 15.2. The molecule has 1 aliphatic rings. The van der Waals surface area contributed by atoms with Crippen LogP contribution in [0.4, 0.5) is 0 Å². The zero-order valence-electron chi connectivity index (χ0n) is 13.1. The number of hydrogen-bond acceptors (Lipinski definition) is 2. The van der Waals surface area contributed by atoms with Crippen LogP contribution < -0.4 is 5.32 Å². The van der Waals surface area contributed by atoms with Gasteiger partial charge in [0.25, 0.3) is 0 Å². The second kappa shape index (κ2) is 11.3. The Bertz CT molecular complexity index is 219. The highest BCUT2D eigenvalue weighted by atomic mass is 15.1. The molecule has 0 unspecified atom stereocenters. The van der Waals surface area contributed by atoms with Gasteiger partial charge >= 0.3 is 0 Å². The summed E-state index contributed by atoms with van der Waals surface area (Å²) in [5.41, 5.74) is 1.18. The lowest BCUT2D eigenvalue weighted by Gasteiger charge is -2.26. The van der Waals surface area contributed by atoms with Gasteiger partial charge in [-0.1, -0.05) is 45.1 Å². The second-order valence-electron chi connectivity index (χ2n) is 5.98. The third-order valence-electron chi connectivity index (χ3n) is 4.26. The Morgan fingerprint density at radius 3 is 2.11 bits per heavy atom. The molecule has 0 aromatic carbocycles. The number of unbranched alkanes of at least 4 members (excludes halogenated alkanes) is 6. The van der Waals surface area contributed by atoms with Gasteiger partial charge in [-0.3, -0.25) is 0 Å². The molecule has 0 amide bonds. The van der Waals surface area contributed by atoms with Gasteiger partial charge in [0.05, 0.1) is 0 Å². The average Bonchev–Trinajstić information content (AvgIpc) is 2.46. The summed E-state index contributed by atoms with van der Waals surface area (Å²) in [5.74, 6) is 0. The van der Waals surface area contributed by atoms with Crippen molar-refractivity contribution in [3.8, 4) is 0 Å². The fourth-order valence-corrected chi connectivity index (χ4v) is 2.87. The van der Waals surface area contributed by atoms with Crippen molar-refractivity contribution in [2.75, 3.05) is 26.7 Å². The Hall–Kier alpha value is -0.500. The Labute approximate surface area is 120 Å². The lowest BCUT2D eigenvalue weighted by molar-refractivity contribution is 0.224. The molecule has 1 N–H and O–H groups in total. The zero-order valence-corrected chi connectivity index (χ0v) is 13.1. The summed E-state index contributed by atoms with van der Waals surface area (Å²) in [7, 11) is 1.96. The number of nitrogens with zero attached hydrogens (tertiary/aromatic N) is 1. The molecule has 0 saturated carbocycles. The standard InChI is InChI=1S/C17H34N2/c1-17(18-2)13-9-6-4-3-5-7-10-14-19-15-11-8-12-16-19/h18H,1,3-16H2,2H3. The minimum Gasteiger partial charge on any atom is -0.392 e. The molecule has 2 nitrogen and oxygen atoms in total. The van der Waals surface area contributed by atoms with Gasteiger partial charge in [0.1, 0.15) is 0 Å². The van der Waals surface area contributed by atoms with Crippen molar-refractivity contribution in [3.05, 3.63) is 12.3 Å². The minimum absolute atomic E-state index is 1.14. The first-order valence-electron chi connectivity index (χ1n) is 8.41. The van der Waals surface area contributed by atoms with E-state index in [1.165, 1.54) is 89.5 Å². The highest BCUT2D eigenvalue weighted by molar-refractivity contribution is 4.88. The summed E-state index contributed by atoms with van der Waals surface area (Å²) >= 11 is 0. The van der Waals surface area contributed by atoms with E-state index in [0.717, 1.165) is 6.42 Å². The van der Waals surface area contributed by atoms with Crippen molar-refractivity contribution in [2.45, 2.75) is 70.6 Å². The second-order valence-corrected chi connectivity index (χ2v) is 5.98. The number of hydrogen-bond donors (Lipinski definition) is 1.